The Kier molecular flexibility index (Phi) is 9.06. The van der Waals surface area contributed by atoms with Crippen molar-refractivity contribution >= 4 is 5.88 Å². The van der Waals surface area contributed by atoms with Gasteiger partial charge in [-0.25, -0.2) is 4.39 Å². The highest BCUT2D eigenvalue weighted by Gasteiger charge is 2.29. The van der Waals surface area contributed by atoms with Crippen molar-refractivity contribution < 1.29 is 28.2 Å². The first kappa shape index (κ1) is 24.8. The summed E-state index contributed by atoms with van der Waals surface area (Å²) >= 11 is 0. The van der Waals surface area contributed by atoms with Gasteiger partial charge in [-0.05, 0) is 25.0 Å². The average Bonchev–Trinajstić information content (AvgIpc) is 3.50. The summed E-state index contributed by atoms with van der Waals surface area (Å²) in [6, 6.07) is 6.58. The highest BCUT2D eigenvalue weighted by atomic mass is 19.1. The van der Waals surface area contributed by atoms with Gasteiger partial charge in [0, 0.05) is 44.9 Å². The number of rotatable bonds is 12. The molecule has 0 aliphatic carbocycles. The highest BCUT2D eigenvalue weighted by molar-refractivity contribution is 5.68. The van der Waals surface area contributed by atoms with Crippen LogP contribution in [-0.4, -0.2) is 86.6 Å². The Morgan fingerprint density at radius 1 is 1.29 bits per heavy atom. The molecule has 0 radical (unpaired) electrons. The van der Waals surface area contributed by atoms with Gasteiger partial charge in [0.1, 0.15) is 11.5 Å². The molecule has 186 valence electrons. The van der Waals surface area contributed by atoms with Crippen molar-refractivity contribution in [1.82, 2.24) is 10.1 Å². The molecule has 2 saturated heterocycles. The number of benzene rings is 1. The average molecular weight is 476 g/mol. The van der Waals surface area contributed by atoms with Crippen LogP contribution in [0.3, 0.4) is 0 Å². The summed E-state index contributed by atoms with van der Waals surface area (Å²) in [5.41, 5.74) is 1.67. The lowest BCUT2D eigenvalue weighted by Crippen LogP contribution is -2.40. The minimum atomic E-state index is -0.690. The normalized spacial score (nSPS) is 19.6. The van der Waals surface area contributed by atoms with E-state index in [9.17, 15) is 9.50 Å². The number of halogens is 1. The number of nitrogens with zero attached hydrogens (tertiary/aromatic N) is 3. The van der Waals surface area contributed by atoms with Crippen LogP contribution in [0.15, 0.2) is 41.4 Å². The Morgan fingerprint density at radius 2 is 2.12 bits per heavy atom. The van der Waals surface area contributed by atoms with Crippen LogP contribution in [0, 0.1) is 5.82 Å². The molecule has 2 aliphatic heterocycles. The minimum Gasteiger partial charge on any atom is -0.389 e. The Hall–Kier alpha value is -2.30. The van der Waals surface area contributed by atoms with Crippen molar-refractivity contribution in [3.8, 4) is 11.3 Å². The number of aliphatic hydroxyl groups excluding tert-OH is 1. The summed E-state index contributed by atoms with van der Waals surface area (Å²) < 4.78 is 37.4. The summed E-state index contributed by atoms with van der Waals surface area (Å²) in [7, 11) is 0. The number of aliphatic hydroxyl groups is 1. The smallest absolute Gasteiger partial charge is 0.232 e. The van der Waals surface area contributed by atoms with Crippen molar-refractivity contribution in [2.75, 3.05) is 64.1 Å². The van der Waals surface area contributed by atoms with E-state index in [1.165, 1.54) is 6.07 Å². The summed E-state index contributed by atoms with van der Waals surface area (Å²) in [6.45, 7) is 8.94. The molecule has 3 heterocycles. The second kappa shape index (κ2) is 12.4. The Labute approximate surface area is 199 Å². The molecule has 0 bridgehead atoms. The lowest BCUT2D eigenvalue weighted by atomic mass is 10.1. The lowest BCUT2D eigenvalue weighted by Gasteiger charge is -2.30. The molecule has 2 aromatic rings. The minimum absolute atomic E-state index is 0.0879. The van der Waals surface area contributed by atoms with Crippen LogP contribution in [0.25, 0.3) is 11.3 Å². The van der Waals surface area contributed by atoms with Gasteiger partial charge < -0.3 is 28.7 Å². The topological polar surface area (TPSA) is 80.4 Å². The number of hydrogen-bond donors (Lipinski definition) is 1. The molecule has 0 saturated carbocycles. The van der Waals surface area contributed by atoms with E-state index in [4.69, 9.17) is 18.7 Å². The quantitative estimate of drug-likeness (QED) is 0.371. The second-order valence-electron chi connectivity index (χ2n) is 8.70. The summed E-state index contributed by atoms with van der Waals surface area (Å²) in [5, 5.41) is 14.9. The molecule has 1 N–H and O–H groups in total. The zero-order chi connectivity index (χ0) is 23.8. The van der Waals surface area contributed by atoms with E-state index in [-0.39, 0.29) is 18.5 Å². The Morgan fingerprint density at radius 3 is 2.85 bits per heavy atom. The maximum absolute atomic E-state index is 14.7. The first-order valence-electron chi connectivity index (χ1n) is 11.9. The standard InChI is InChI=1S/C25H34FN3O5/c1-2-11-32-18-19(30)15-28(16-20-6-5-12-33-20)17-22-24(21-7-3-4-8-23(21)26)27-34-25(22)29-9-13-31-14-10-29/h2-4,7-8,19-20,30H,1,5-6,9-18H2/t19-,20-/m1/s1. The SMILES string of the molecule is C=CCOC[C@H](O)CN(Cc1c(-c2ccccc2F)noc1N1CCOCC1)C[C@H]1CCCO1. The van der Waals surface area contributed by atoms with Gasteiger partial charge in [0.05, 0.1) is 44.2 Å². The zero-order valence-corrected chi connectivity index (χ0v) is 19.5. The predicted molar refractivity (Wildman–Crippen MR) is 126 cm³/mol. The molecular weight excluding hydrogens is 441 g/mol. The van der Waals surface area contributed by atoms with Gasteiger partial charge in [0.25, 0.3) is 0 Å². The molecule has 2 atom stereocenters. The van der Waals surface area contributed by atoms with Gasteiger partial charge in [0.15, 0.2) is 0 Å². The van der Waals surface area contributed by atoms with Gasteiger partial charge in [-0.2, -0.15) is 0 Å². The van der Waals surface area contributed by atoms with Gasteiger partial charge in [-0.3, -0.25) is 4.90 Å². The molecule has 8 nitrogen and oxygen atoms in total. The third-order valence-electron chi connectivity index (χ3n) is 6.08. The van der Waals surface area contributed by atoms with Crippen LogP contribution in [0.4, 0.5) is 10.3 Å². The summed E-state index contributed by atoms with van der Waals surface area (Å²) in [5.74, 6) is 0.269. The fourth-order valence-corrected chi connectivity index (χ4v) is 4.46. The molecule has 2 aliphatic rings. The molecule has 9 heteroatoms. The number of hydrogen-bond acceptors (Lipinski definition) is 8. The van der Waals surface area contributed by atoms with Crippen molar-refractivity contribution in [1.29, 1.82) is 0 Å². The van der Waals surface area contributed by atoms with Crippen molar-refractivity contribution in [2.24, 2.45) is 0 Å². The van der Waals surface area contributed by atoms with E-state index in [1.807, 2.05) is 0 Å². The molecule has 0 spiro atoms. The maximum Gasteiger partial charge on any atom is 0.232 e. The van der Waals surface area contributed by atoms with E-state index < -0.39 is 6.10 Å². The van der Waals surface area contributed by atoms with Crippen molar-refractivity contribution in [3.05, 3.63) is 48.3 Å². The third-order valence-corrected chi connectivity index (χ3v) is 6.08. The number of anilines is 1. The van der Waals surface area contributed by atoms with Crippen LogP contribution in [0.1, 0.15) is 18.4 Å². The van der Waals surface area contributed by atoms with Gasteiger partial charge >= 0.3 is 0 Å². The fourth-order valence-electron chi connectivity index (χ4n) is 4.46. The number of ether oxygens (including phenoxy) is 3. The zero-order valence-electron chi connectivity index (χ0n) is 19.5. The summed E-state index contributed by atoms with van der Waals surface area (Å²) in [4.78, 5) is 4.21. The van der Waals surface area contributed by atoms with E-state index in [0.29, 0.717) is 69.7 Å². The van der Waals surface area contributed by atoms with Gasteiger partial charge in [-0.1, -0.05) is 23.4 Å². The number of morpholine rings is 1. The molecule has 4 rings (SSSR count). The van der Waals surface area contributed by atoms with Crippen LogP contribution in [0.2, 0.25) is 0 Å². The fraction of sp³-hybridized carbons (Fsp3) is 0.560. The van der Waals surface area contributed by atoms with Gasteiger partial charge in [0.2, 0.25) is 5.88 Å². The van der Waals surface area contributed by atoms with Crippen LogP contribution in [-0.2, 0) is 20.8 Å². The van der Waals surface area contributed by atoms with E-state index >= 15 is 0 Å². The molecule has 1 aromatic heterocycles. The first-order chi connectivity index (χ1) is 16.7. The third kappa shape index (κ3) is 6.43. The molecule has 0 unspecified atom stereocenters. The molecule has 34 heavy (non-hydrogen) atoms. The lowest BCUT2D eigenvalue weighted by molar-refractivity contribution is 0.00857. The second-order valence-corrected chi connectivity index (χ2v) is 8.70. The monoisotopic (exact) mass is 475 g/mol. The Bertz CT molecular complexity index is 912. The highest BCUT2D eigenvalue weighted by Crippen LogP contribution is 2.34. The largest absolute Gasteiger partial charge is 0.389 e. The van der Waals surface area contributed by atoms with E-state index in [0.717, 1.165) is 25.0 Å². The molecular formula is C25H34FN3O5. The van der Waals surface area contributed by atoms with Crippen LogP contribution < -0.4 is 4.90 Å². The maximum atomic E-state index is 14.7. The molecule has 2 fully saturated rings. The summed E-state index contributed by atoms with van der Waals surface area (Å²) in [6.07, 6.45) is 3.05. The molecule has 1 aromatic carbocycles. The van der Waals surface area contributed by atoms with Crippen molar-refractivity contribution in [2.45, 2.75) is 31.6 Å². The molecule has 0 amide bonds. The van der Waals surface area contributed by atoms with E-state index in [1.54, 1.807) is 24.3 Å². The van der Waals surface area contributed by atoms with E-state index in [2.05, 4.69) is 21.5 Å². The van der Waals surface area contributed by atoms with Crippen LogP contribution >= 0.6 is 0 Å². The first-order valence-corrected chi connectivity index (χ1v) is 11.9. The van der Waals surface area contributed by atoms with Crippen LogP contribution in [0.5, 0.6) is 0 Å². The Balaban J connectivity index is 1.61. The predicted octanol–water partition coefficient (Wildman–Crippen LogP) is 2.86. The van der Waals surface area contributed by atoms with Gasteiger partial charge in [-0.15, -0.1) is 6.58 Å². The number of aromatic nitrogens is 1. The van der Waals surface area contributed by atoms with Crippen molar-refractivity contribution in [3.63, 3.8) is 0 Å².